The Morgan fingerprint density at radius 2 is 2.08 bits per heavy atom. The lowest BCUT2D eigenvalue weighted by Gasteiger charge is -2.41. The van der Waals surface area contributed by atoms with Crippen LogP contribution in [0.4, 0.5) is 0 Å². The smallest absolute Gasteiger partial charge is 0.118 e. The number of quaternary nitrogens is 1. The summed E-state index contributed by atoms with van der Waals surface area (Å²) in [6.45, 7) is 6.71. The lowest BCUT2D eigenvalue weighted by Crippen LogP contribution is -2.53. The Morgan fingerprint density at radius 1 is 1.58 bits per heavy atom. The zero-order valence-electron chi connectivity index (χ0n) is 7.66. The van der Waals surface area contributed by atoms with Crippen molar-refractivity contribution in [2.45, 2.75) is 17.8 Å². The molecule has 2 nitrogen and oxygen atoms in total. The third kappa shape index (κ3) is 2.51. The summed E-state index contributed by atoms with van der Waals surface area (Å²) in [7, 11) is 2.20. The molecule has 1 aliphatic heterocycles. The first kappa shape index (κ1) is 10.1. The third-order valence-electron chi connectivity index (χ3n) is 2.67. The molecule has 70 valence electrons. The van der Waals surface area contributed by atoms with Crippen molar-refractivity contribution in [3.8, 4) is 0 Å². The predicted octanol–water partition coefficient (Wildman–Crippen LogP) is 1.03. The van der Waals surface area contributed by atoms with Gasteiger partial charge < -0.3 is 9.59 Å². The number of hydrogen-bond acceptors (Lipinski definition) is 2. The first-order chi connectivity index (χ1) is 5.47. The van der Waals surface area contributed by atoms with Gasteiger partial charge in [-0.05, 0) is 6.08 Å². The van der Waals surface area contributed by atoms with Crippen molar-refractivity contribution >= 4 is 12.6 Å². The zero-order valence-corrected chi connectivity index (χ0v) is 8.56. The Kier molecular flexibility index (Phi) is 2.86. The van der Waals surface area contributed by atoms with Crippen LogP contribution in [0.3, 0.4) is 0 Å². The van der Waals surface area contributed by atoms with Gasteiger partial charge in [-0.1, -0.05) is 6.58 Å². The van der Waals surface area contributed by atoms with Gasteiger partial charge in [0, 0.05) is 12.8 Å². The van der Waals surface area contributed by atoms with Crippen LogP contribution in [0.1, 0.15) is 12.8 Å². The summed E-state index contributed by atoms with van der Waals surface area (Å²) in [6.07, 6.45) is 3.50. The van der Waals surface area contributed by atoms with Gasteiger partial charge in [0.2, 0.25) is 0 Å². The molecule has 1 saturated heterocycles. The average molecular weight is 188 g/mol. The zero-order chi connectivity index (χ0) is 9.24. The molecule has 0 aromatic carbocycles. The van der Waals surface area contributed by atoms with Gasteiger partial charge >= 0.3 is 0 Å². The molecule has 1 heterocycles. The molecule has 0 aromatic rings. The SMILES string of the molecule is C=CC[N+]1(C)CCC(O)(S)CC1. The summed E-state index contributed by atoms with van der Waals surface area (Å²) in [4.78, 5) is -0.723. The normalized spacial score (nSPS) is 42.6. The maximum absolute atomic E-state index is 9.60. The number of rotatable bonds is 2. The topological polar surface area (TPSA) is 20.2 Å². The second-order valence-corrected chi connectivity index (χ2v) is 4.85. The summed E-state index contributed by atoms with van der Waals surface area (Å²) < 4.78 is 0.992. The van der Waals surface area contributed by atoms with Crippen molar-refractivity contribution in [3.05, 3.63) is 12.7 Å². The first-order valence-corrected chi connectivity index (χ1v) is 4.81. The van der Waals surface area contributed by atoms with Gasteiger partial charge in [0.05, 0.1) is 26.7 Å². The Labute approximate surface area is 79.9 Å². The molecular formula is C9H18NOS+. The third-order valence-corrected chi connectivity index (χ3v) is 3.12. The molecule has 0 bridgehead atoms. The van der Waals surface area contributed by atoms with Crippen molar-refractivity contribution in [1.29, 1.82) is 0 Å². The fourth-order valence-corrected chi connectivity index (χ4v) is 1.83. The van der Waals surface area contributed by atoms with Gasteiger partial charge in [0.15, 0.2) is 0 Å². The highest BCUT2D eigenvalue weighted by atomic mass is 32.1. The summed E-state index contributed by atoms with van der Waals surface area (Å²) >= 11 is 4.18. The van der Waals surface area contributed by atoms with Gasteiger partial charge in [-0.2, -0.15) is 0 Å². The maximum Gasteiger partial charge on any atom is 0.118 e. The molecule has 0 unspecified atom stereocenters. The first-order valence-electron chi connectivity index (χ1n) is 4.37. The molecule has 0 radical (unpaired) electrons. The quantitative estimate of drug-likeness (QED) is 0.287. The minimum Gasteiger partial charge on any atom is -0.379 e. The molecule has 1 N–H and O–H groups in total. The van der Waals surface area contributed by atoms with E-state index in [1.165, 1.54) is 0 Å². The van der Waals surface area contributed by atoms with Crippen LogP contribution in [0, 0.1) is 0 Å². The number of thiol groups is 1. The molecule has 0 saturated carbocycles. The Balaban J connectivity index is 2.49. The van der Waals surface area contributed by atoms with E-state index in [0.717, 1.165) is 37.0 Å². The summed E-state index contributed by atoms with van der Waals surface area (Å²) in [6, 6.07) is 0. The van der Waals surface area contributed by atoms with Gasteiger partial charge in [0.1, 0.15) is 4.93 Å². The van der Waals surface area contributed by atoms with Crippen LogP contribution >= 0.6 is 12.6 Å². The molecule has 0 atom stereocenters. The van der Waals surface area contributed by atoms with E-state index in [0.29, 0.717) is 0 Å². The lowest BCUT2D eigenvalue weighted by molar-refractivity contribution is -0.910. The maximum atomic E-state index is 9.60. The number of likely N-dealkylation sites (N-methyl/N-ethyl adjacent to an activating group) is 1. The second-order valence-electron chi connectivity index (χ2n) is 4.02. The summed E-state index contributed by atoms with van der Waals surface area (Å²) in [5, 5.41) is 9.60. The van der Waals surface area contributed by atoms with E-state index in [9.17, 15) is 5.11 Å². The standard InChI is InChI=1S/C9H17NOS/c1-3-6-10(2)7-4-9(11,12)5-8-10/h3,11H,1,4-8H2,2H3/p+1. The van der Waals surface area contributed by atoms with Crippen molar-refractivity contribution in [3.63, 3.8) is 0 Å². The van der Waals surface area contributed by atoms with Crippen LogP contribution in [0.5, 0.6) is 0 Å². The number of piperidine rings is 1. The van der Waals surface area contributed by atoms with Crippen molar-refractivity contribution in [1.82, 2.24) is 0 Å². The lowest BCUT2D eigenvalue weighted by atomic mass is 10.1. The van der Waals surface area contributed by atoms with Crippen LogP contribution < -0.4 is 0 Å². The Morgan fingerprint density at radius 3 is 2.50 bits per heavy atom. The number of hydrogen-bond donors (Lipinski definition) is 2. The monoisotopic (exact) mass is 188 g/mol. The van der Waals surface area contributed by atoms with Gasteiger partial charge in [-0.25, -0.2) is 0 Å². The van der Waals surface area contributed by atoms with E-state index in [1.54, 1.807) is 0 Å². The van der Waals surface area contributed by atoms with Crippen molar-refractivity contribution < 1.29 is 9.59 Å². The highest BCUT2D eigenvalue weighted by Gasteiger charge is 2.35. The van der Waals surface area contributed by atoms with E-state index >= 15 is 0 Å². The van der Waals surface area contributed by atoms with Crippen molar-refractivity contribution in [2.24, 2.45) is 0 Å². The molecule has 3 heteroatoms. The van der Waals surface area contributed by atoms with Gasteiger partial charge in [-0.15, -0.1) is 12.6 Å². The molecule has 0 spiro atoms. The Hall–Kier alpha value is 0.0100. The van der Waals surface area contributed by atoms with E-state index in [1.807, 2.05) is 6.08 Å². The number of likely N-dealkylation sites (tertiary alicyclic amines) is 1. The van der Waals surface area contributed by atoms with E-state index in [-0.39, 0.29) is 0 Å². The molecule has 0 amide bonds. The van der Waals surface area contributed by atoms with E-state index < -0.39 is 4.93 Å². The largest absolute Gasteiger partial charge is 0.379 e. The molecule has 1 rings (SSSR count). The molecule has 0 aromatic heterocycles. The fourth-order valence-electron chi connectivity index (χ4n) is 1.63. The summed E-state index contributed by atoms with van der Waals surface area (Å²) in [5.41, 5.74) is 0. The molecule has 0 aliphatic carbocycles. The predicted molar refractivity (Wildman–Crippen MR) is 54.2 cm³/mol. The van der Waals surface area contributed by atoms with E-state index in [2.05, 4.69) is 26.3 Å². The fraction of sp³-hybridized carbons (Fsp3) is 0.778. The highest BCUT2D eigenvalue weighted by Crippen LogP contribution is 2.28. The molecule has 12 heavy (non-hydrogen) atoms. The van der Waals surface area contributed by atoms with Crippen LogP contribution in [0.2, 0.25) is 0 Å². The molecular weight excluding hydrogens is 170 g/mol. The van der Waals surface area contributed by atoms with Crippen LogP contribution in [0.15, 0.2) is 12.7 Å². The molecule has 1 aliphatic rings. The Bertz CT molecular complexity index is 169. The average Bonchev–Trinajstić information content (AvgIpc) is 1.98. The number of nitrogens with zero attached hydrogens (tertiary/aromatic N) is 1. The van der Waals surface area contributed by atoms with Crippen LogP contribution in [0.25, 0.3) is 0 Å². The highest BCUT2D eigenvalue weighted by molar-refractivity contribution is 7.81. The second kappa shape index (κ2) is 3.40. The summed E-state index contributed by atoms with van der Waals surface area (Å²) in [5.74, 6) is 0. The van der Waals surface area contributed by atoms with E-state index in [4.69, 9.17) is 0 Å². The minimum absolute atomic E-state index is 0.723. The minimum atomic E-state index is -0.723. The van der Waals surface area contributed by atoms with Crippen LogP contribution in [-0.2, 0) is 0 Å². The number of aliphatic hydroxyl groups is 1. The van der Waals surface area contributed by atoms with Gasteiger partial charge in [0.25, 0.3) is 0 Å². The van der Waals surface area contributed by atoms with Crippen molar-refractivity contribution in [2.75, 3.05) is 26.7 Å². The molecule has 1 fully saturated rings. The van der Waals surface area contributed by atoms with Gasteiger partial charge in [-0.3, -0.25) is 0 Å². The van der Waals surface area contributed by atoms with Crippen LogP contribution in [-0.4, -0.2) is 41.2 Å².